The number of methoxy groups -OCH3 is 2. The van der Waals surface area contributed by atoms with E-state index in [0.717, 1.165) is 11.1 Å². The summed E-state index contributed by atoms with van der Waals surface area (Å²) in [7, 11) is 6.50. The smallest absolute Gasteiger partial charge is 0.308 e. The number of hydrogen-bond donors (Lipinski definition) is 4. The summed E-state index contributed by atoms with van der Waals surface area (Å²) in [6.07, 6.45) is -0.751. The standard InChI is InChI=1S/C48H76N4O15/c1-27-12-14-36(53)28(2)20-34-16-18-60-25-35(51-64-17-10-11-32-13-15-38(49)50-22-32)26-61-37(29(3)44(34)67-47-43(57)40(52(6)7)41(55)30(4)65-47)21-39(54)62-23-33(19-27)24-63-48-46(59-9)45(58-8)42(56)31(5)66-48/h12-15,19,22,28-31,33-34,37,40-48,55-57H,10-11,16-18,20-21,23-26H2,1-9H3,(H2,49,50)/b14-12+,27-19+,51-35+/t28-,29+,30-,31-,33+,34?,37-,40+,41-,42-,43-,44-,45-,46-,47+,48-/m1/s1. The number of pyridine rings is 1. The molecule has 378 valence electrons. The zero-order valence-corrected chi connectivity index (χ0v) is 40.6. The monoisotopic (exact) mass is 949 g/mol. The van der Waals surface area contributed by atoms with Gasteiger partial charge in [0.25, 0.3) is 0 Å². The number of cyclic esters (lactones) is 1. The molecule has 3 saturated heterocycles. The van der Waals surface area contributed by atoms with Crippen LogP contribution in [0.25, 0.3) is 0 Å². The Balaban J connectivity index is 1.43. The Hall–Kier alpha value is -3.44. The van der Waals surface area contributed by atoms with Gasteiger partial charge in [0, 0.05) is 44.8 Å². The van der Waals surface area contributed by atoms with E-state index in [1.807, 2.05) is 32.9 Å². The van der Waals surface area contributed by atoms with Crippen molar-refractivity contribution in [2.75, 3.05) is 73.7 Å². The summed E-state index contributed by atoms with van der Waals surface area (Å²) in [6, 6.07) is 2.97. The van der Waals surface area contributed by atoms with Crippen molar-refractivity contribution in [3.05, 3.63) is 47.7 Å². The number of nitrogen functional groups attached to an aromatic ring is 1. The minimum atomic E-state index is -1.25. The van der Waals surface area contributed by atoms with Gasteiger partial charge in [-0.3, -0.25) is 9.59 Å². The minimum absolute atomic E-state index is 0.0297. The zero-order valence-electron chi connectivity index (χ0n) is 40.6. The van der Waals surface area contributed by atoms with Gasteiger partial charge in [0.15, 0.2) is 18.4 Å². The second-order valence-corrected chi connectivity index (χ2v) is 18.6. The number of rotatable bonds is 13. The molecule has 0 spiro atoms. The average molecular weight is 949 g/mol. The lowest BCUT2D eigenvalue weighted by atomic mass is 9.79. The number of carbonyl (C=O) groups is 2. The van der Waals surface area contributed by atoms with Gasteiger partial charge in [0.1, 0.15) is 42.6 Å². The number of ether oxygens (including phenoxy) is 9. The Labute approximate surface area is 395 Å². The number of esters is 1. The van der Waals surface area contributed by atoms with E-state index in [1.54, 1.807) is 57.3 Å². The van der Waals surface area contributed by atoms with E-state index in [1.165, 1.54) is 14.2 Å². The maximum Gasteiger partial charge on any atom is 0.308 e. The van der Waals surface area contributed by atoms with Crippen LogP contribution in [0.4, 0.5) is 5.82 Å². The lowest BCUT2D eigenvalue weighted by molar-refractivity contribution is -0.305. The maximum absolute atomic E-state index is 14.1. The van der Waals surface area contributed by atoms with Crippen molar-refractivity contribution in [2.45, 2.75) is 140 Å². The quantitative estimate of drug-likeness (QED) is 0.126. The number of aryl methyl sites for hydroxylation is 1. The fourth-order valence-corrected chi connectivity index (χ4v) is 9.16. The predicted molar refractivity (Wildman–Crippen MR) is 246 cm³/mol. The second kappa shape index (κ2) is 26.5. The molecule has 5 rings (SSSR count). The molecule has 1 aromatic heterocycles. The Bertz CT molecular complexity index is 1780. The molecule has 16 atom stereocenters. The lowest BCUT2D eigenvalue weighted by Gasteiger charge is -2.47. The van der Waals surface area contributed by atoms with Gasteiger partial charge in [0.05, 0.1) is 69.4 Å². The van der Waals surface area contributed by atoms with Crippen molar-refractivity contribution < 1.29 is 72.4 Å². The number of nitrogens with two attached hydrogens (primary N) is 1. The van der Waals surface area contributed by atoms with E-state index < -0.39 is 97.3 Å². The molecule has 2 bridgehead atoms. The number of likely N-dealkylation sites (N-methyl/N-ethyl adjacent to an activating group) is 1. The van der Waals surface area contributed by atoms with Gasteiger partial charge in [-0.05, 0) is 84.2 Å². The van der Waals surface area contributed by atoms with Crippen LogP contribution in [0.1, 0.15) is 65.9 Å². The third-order valence-electron chi connectivity index (χ3n) is 13.1. The van der Waals surface area contributed by atoms with Gasteiger partial charge < -0.3 is 73.4 Å². The van der Waals surface area contributed by atoms with Crippen LogP contribution in [0.2, 0.25) is 0 Å². The first-order valence-corrected chi connectivity index (χ1v) is 23.5. The number of ketones is 1. The van der Waals surface area contributed by atoms with Crippen LogP contribution in [-0.2, 0) is 63.5 Å². The van der Waals surface area contributed by atoms with Gasteiger partial charge in [-0.15, -0.1) is 0 Å². The molecule has 0 amide bonds. The molecule has 1 aromatic rings. The number of hydrogen-bond acceptors (Lipinski definition) is 19. The first-order chi connectivity index (χ1) is 32.0. The number of anilines is 1. The zero-order chi connectivity index (χ0) is 48.8. The van der Waals surface area contributed by atoms with E-state index in [2.05, 4.69) is 10.1 Å². The second-order valence-electron chi connectivity index (χ2n) is 18.6. The van der Waals surface area contributed by atoms with E-state index >= 15 is 0 Å². The summed E-state index contributed by atoms with van der Waals surface area (Å²) < 4.78 is 55.2. The Kier molecular flexibility index (Phi) is 21.6. The molecule has 4 aliphatic rings. The van der Waals surface area contributed by atoms with Crippen LogP contribution in [0.3, 0.4) is 0 Å². The van der Waals surface area contributed by atoms with Gasteiger partial charge in [-0.25, -0.2) is 4.98 Å². The molecule has 5 N–H and O–H groups in total. The number of aromatic nitrogens is 1. The van der Waals surface area contributed by atoms with Gasteiger partial charge in [-0.1, -0.05) is 42.8 Å². The molecule has 5 heterocycles. The number of nitrogens with zero attached hydrogens (tertiary/aromatic N) is 3. The fourth-order valence-electron chi connectivity index (χ4n) is 9.16. The molecule has 0 saturated carbocycles. The summed E-state index contributed by atoms with van der Waals surface area (Å²) in [5.74, 6) is -2.10. The highest BCUT2D eigenvalue weighted by molar-refractivity contribution is 5.91. The van der Waals surface area contributed by atoms with Crippen molar-refractivity contribution in [1.29, 1.82) is 0 Å². The molecule has 19 nitrogen and oxygen atoms in total. The summed E-state index contributed by atoms with van der Waals surface area (Å²) in [6.45, 7) is 9.61. The molecule has 67 heavy (non-hydrogen) atoms. The van der Waals surface area contributed by atoms with E-state index in [9.17, 15) is 24.9 Å². The number of aliphatic hydroxyl groups is 3. The van der Waals surface area contributed by atoms with E-state index in [4.69, 9.17) is 53.2 Å². The van der Waals surface area contributed by atoms with Gasteiger partial charge in [0.2, 0.25) is 0 Å². The highest BCUT2D eigenvalue weighted by atomic mass is 16.7. The molecule has 0 radical (unpaired) electrons. The molecule has 4 aliphatic heterocycles. The molecular weight excluding hydrogens is 873 g/mol. The lowest BCUT2D eigenvalue weighted by Crippen LogP contribution is -2.63. The maximum atomic E-state index is 14.1. The van der Waals surface area contributed by atoms with Crippen LogP contribution < -0.4 is 5.73 Å². The van der Waals surface area contributed by atoms with E-state index in [0.29, 0.717) is 43.8 Å². The highest BCUT2D eigenvalue weighted by Gasteiger charge is 2.48. The Morgan fingerprint density at radius 3 is 2.36 bits per heavy atom. The number of allylic oxidation sites excluding steroid dienone is 3. The van der Waals surface area contributed by atoms with Crippen LogP contribution >= 0.6 is 0 Å². The van der Waals surface area contributed by atoms with Crippen molar-refractivity contribution in [2.24, 2.45) is 28.8 Å². The first kappa shape index (κ1) is 54.5. The van der Waals surface area contributed by atoms with Gasteiger partial charge in [-0.2, -0.15) is 0 Å². The van der Waals surface area contributed by atoms with Crippen LogP contribution in [0, 0.1) is 23.7 Å². The molecule has 19 heteroatoms. The van der Waals surface area contributed by atoms with Crippen molar-refractivity contribution in [3.63, 3.8) is 0 Å². The fraction of sp³-hybridized carbons (Fsp3) is 0.750. The van der Waals surface area contributed by atoms with Crippen molar-refractivity contribution >= 4 is 23.3 Å². The van der Waals surface area contributed by atoms with Crippen LogP contribution in [0.15, 0.2) is 47.3 Å². The topological polar surface area (TPSA) is 242 Å². The van der Waals surface area contributed by atoms with Crippen LogP contribution in [0.5, 0.6) is 0 Å². The number of carbonyl (C=O) groups excluding carboxylic acids is 2. The normalized spacial score (nSPS) is 38.5. The first-order valence-electron chi connectivity index (χ1n) is 23.5. The largest absolute Gasteiger partial charge is 0.465 e. The van der Waals surface area contributed by atoms with Crippen molar-refractivity contribution in [1.82, 2.24) is 9.88 Å². The number of fused-ring (bicyclic) bond motifs is 3. The van der Waals surface area contributed by atoms with Gasteiger partial charge >= 0.3 is 5.97 Å². The summed E-state index contributed by atoms with van der Waals surface area (Å²) in [5, 5.41) is 37.8. The third-order valence-corrected chi connectivity index (χ3v) is 13.1. The summed E-state index contributed by atoms with van der Waals surface area (Å²) in [4.78, 5) is 39.6. The Morgan fingerprint density at radius 1 is 0.925 bits per heavy atom. The Morgan fingerprint density at radius 2 is 1.66 bits per heavy atom. The minimum Gasteiger partial charge on any atom is -0.465 e. The molecule has 1 unspecified atom stereocenters. The van der Waals surface area contributed by atoms with E-state index in [-0.39, 0.29) is 51.2 Å². The van der Waals surface area contributed by atoms with Crippen molar-refractivity contribution in [3.8, 4) is 0 Å². The molecule has 3 fully saturated rings. The molecular formula is C48H76N4O15. The average Bonchev–Trinajstić information content (AvgIpc) is 3.31. The number of aliphatic hydroxyl groups excluding tert-OH is 3. The summed E-state index contributed by atoms with van der Waals surface area (Å²) >= 11 is 0. The summed E-state index contributed by atoms with van der Waals surface area (Å²) in [5.41, 5.74) is 7.95. The molecule has 0 aliphatic carbocycles. The third kappa shape index (κ3) is 15.5. The number of oxime groups is 1. The SMILES string of the molecule is CO[C@@H]1[C@H](O)[C@@H](C)O[C@@H](OC[C@H]2/C=C(C)/C=C/C(=O)[C@H](C)CC3CCOC/C(=N\OCCCc4ccc(N)nc4)CO[C@H](CC(=O)OC2)[C@H](C)[C@H]3O[C@@H]2O[C@H](C)[C@@H](O)[C@H](N(C)C)[C@H]2O)[C@@H]1OC. The van der Waals surface area contributed by atoms with Crippen LogP contribution in [-0.4, -0.2) is 184 Å². The highest BCUT2D eigenvalue weighted by Crippen LogP contribution is 2.36. The molecule has 0 aromatic carbocycles. The predicted octanol–water partition coefficient (Wildman–Crippen LogP) is 2.62.